The van der Waals surface area contributed by atoms with Crippen LogP contribution in [0.4, 0.5) is 5.69 Å². The second kappa shape index (κ2) is 10.8. The summed E-state index contributed by atoms with van der Waals surface area (Å²) in [7, 11) is 3.44. The van der Waals surface area contributed by atoms with E-state index in [1.54, 1.807) is 36.4 Å². The highest BCUT2D eigenvalue weighted by atomic mass is 32.1. The Labute approximate surface area is 213 Å². The predicted molar refractivity (Wildman–Crippen MR) is 143 cm³/mol. The van der Waals surface area contributed by atoms with Crippen molar-refractivity contribution >= 4 is 41.2 Å². The predicted octanol–water partition coefficient (Wildman–Crippen LogP) is 3.30. The van der Waals surface area contributed by atoms with Gasteiger partial charge in [-0.2, -0.15) is 18.6 Å². The molecule has 12 heteroatoms. The number of fused-ring (bicyclic) bond motifs is 2. The van der Waals surface area contributed by atoms with Gasteiger partial charge in [0, 0.05) is 38.8 Å². The molecule has 0 bridgehead atoms. The molecule has 1 aromatic carbocycles. The Morgan fingerprint density at radius 3 is 2.69 bits per heavy atom. The van der Waals surface area contributed by atoms with E-state index in [1.165, 1.54) is 0 Å². The van der Waals surface area contributed by atoms with Crippen LogP contribution in [0.25, 0.3) is 33.5 Å². The number of nitrogens with zero attached hydrogens (tertiary/aromatic N) is 5. The van der Waals surface area contributed by atoms with Gasteiger partial charge in [-0.05, 0) is 24.6 Å². The zero-order chi connectivity index (χ0) is 24.4. The molecule has 11 nitrogen and oxygen atoms in total. The molecule has 5 rings (SSSR count). The summed E-state index contributed by atoms with van der Waals surface area (Å²) in [5, 5.41) is 8.08. The maximum atomic E-state index is 13.3. The van der Waals surface area contributed by atoms with Crippen LogP contribution in [0.15, 0.2) is 47.7 Å². The molecule has 0 radical (unpaired) electrons. The van der Waals surface area contributed by atoms with Crippen molar-refractivity contribution < 1.29 is 9.47 Å². The first-order valence-corrected chi connectivity index (χ1v) is 11.3. The summed E-state index contributed by atoms with van der Waals surface area (Å²) in [6.45, 7) is 2.96. The van der Waals surface area contributed by atoms with Crippen LogP contribution >= 0.6 is 13.5 Å². The van der Waals surface area contributed by atoms with Crippen LogP contribution in [0.2, 0.25) is 0 Å². The molecule has 0 unspecified atom stereocenters. The quantitative estimate of drug-likeness (QED) is 0.258. The molecule has 4 aromatic heterocycles. The molecule has 0 saturated heterocycles. The maximum Gasteiger partial charge on any atom is 0.261 e. The van der Waals surface area contributed by atoms with E-state index in [4.69, 9.17) is 14.5 Å². The summed E-state index contributed by atoms with van der Waals surface area (Å²) >= 11 is 0. The molecular formula is C24H28N8O3S. The van der Waals surface area contributed by atoms with Crippen molar-refractivity contribution in [2.24, 2.45) is 7.05 Å². The lowest BCUT2D eigenvalue weighted by Crippen LogP contribution is -2.18. The molecule has 5 aromatic rings. The average molecular weight is 509 g/mol. The molecule has 0 aliphatic carbocycles. The fraction of sp³-hybridized carbons (Fsp3) is 0.292. The summed E-state index contributed by atoms with van der Waals surface area (Å²) in [6, 6.07) is 7.09. The van der Waals surface area contributed by atoms with Crippen molar-refractivity contribution in [3.8, 4) is 17.1 Å². The number of hydrogen-bond acceptors (Lipinski definition) is 8. The van der Waals surface area contributed by atoms with E-state index in [0.29, 0.717) is 64.8 Å². The molecule has 188 valence electrons. The highest BCUT2D eigenvalue weighted by Crippen LogP contribution is 2.33. The van der Waals surface area contributed by atoms with Gasteiger partial charge in [-0.15, -0.1) is 0 Å². The topological polar surface area (TPSA) is 136 Å². The Balaban J connectivity index is 0.00000304. The zero-order valence-electron chi connectivity index (χ0n) is 20.2. The summed E-state index contributed by atoms with van der Waals surface area (Å²) in [4.78, 5) is 33.0. The van der Waals surface area contributed by atoms with Gasteiger partial charge in [0.2, 0.25) is 0 Å². The van der Waals surface area contributed by atoms with E-state index in [-0.39, 0.29) is 25.1 Å². The lowest BCUT2D eigenvalue weighted by Gasteiger charge is -2.18. The number of methoxy groups -OCH3 is 1. The summed E-state index contributed by atoms with van der Waals surface area (Å²) in [5.41, 5.74) is 3.36. The number of nitrogens with one attached hydrogen (secondary N) is 3. The van der Waals surface area contributed by atoms with Gasteiger partial charge in [-0.25, -0.2) is 15.0 Å². The van der Waals surface area contributed by atoms with Gasteiger partial charge in [-0.3, -0.25) is 9.48 Å². The minimum Gasteiger partial charge on any atom is -0.491 e. The average Bonchev–Trinajstić information content (AvgIpc) is 3.44. The summed E-state index contributed by atoms with van der Waals surface area (Å²) < 4.78 is 12.4. The Bertz CT molecular complexity index is 1530. The molecule has 1 atom stereocenters. The Morgan fingerprint density at radius 1 is 1.14 bits per heavy atom. The van der Waals surface area contributed by atoms with Gasteiger partial charge >= 0.3 is 0 Å². The molecule has 0 amide bonds. The van der Waals surface area contributed by atoms with Gasteiger partial charge < -0.3 is 24.8 Å². The second-order valence-electron chi connectivity index (χ2n) is 8.09. The Hall–Kier alpha value is -3.90. The first kappa shape index (κ1) is 25.2. The van der Waals surface area contributed by atoms with Crippen LogP contribution in [0.3, 0.4) is 0 Å². The van der Waals surface area contributed by atoms with Crippen LogP contribution in [-0.4, -0.2) is 55.0 Å². The number of aryl methyl sites for hydroxylation is 1. The summed E-state index contributed by atoms with van der Waals surface area (Å²) in [5.74, 6) is 1.74. The first-order chi connectivity index (χ1) is 17.1. The third-order valence-corrected chi connectivity index (χ3v) is 5.66. The van der Waals surface area contributed by atoms with E-state index in [2.05, 4.69) is 30.4 Å². The number of H-pyrrole nitrogens is 2. The molecule has 36 heavy (non-hydrogen) atoms. The van der Waals surface area contributed by atoms with Gasteiger partial charge in [0.25, 0.3) is 5.56 Å². The standard InChI is InChI=1S/C24H26N8O3.H2S/c1-4-15(22-25-8-5-9-26-22)27-21-19(24(33)30-18-13-32(2)31-20(18)21)23-28-16-7-6-14(12-17(16)29-23)35-11-10-34-3;/h5-9,12-13,15,27H,4,10-11H2,1-3H3,(H,28,29)(H,30,33);1H2/t15-;/m0./s1. The van der Waals surface area contributed by atoms with Crippen molar-refractivity contribution in [3.05, 3.63) is 59.0 Å². The smallest absolute Gasteiger partial charge is 0.261 e. The van der Waals surface area contributed by atoms with Crippen LogP contribution in [0.1, 0.15) is 25.2 Å². The summed E-state index contributed by atoms with van der Waals surface area (Å²) in [6.07, 6.45) is 5.88. The van der Waals surface area contributed by atoms with Gasteiger partial charge in [-0.1, -0.05) is 6.92 Å². The van der Waals surface area contributed by atoms with Gasteiger partial charge in [0.1, 0.15) is 35.1 Å². The number of aromatic nitrogens is 7. The number of ether oxygens (including phenoxy) is 2. The van der Waals surface area contributed by atoms with Gasteiger partial charge in [0.15, 0.2) is 0 Å². The van der Waals surface area contributed by atoms with E-state index >= 15 is 0 Å². The Kier molecular flexibility index (Phi) is 7.55. The van der Waals surface area contributed by atoms with Crippen LogP contribution < -0.4 is 15.6 Å². The Morgan fingerprint density at radius 2 is 1.94 bits per heavy atom. The van der Waals surface area contributed by atoms with Crippen LogP contribution in [0.5, 0.6) is 5.75 Å². The van der Waals surface area contributed by atoms with E-state index < -0.39 is 0 Å². The SMILES string of the molecule is CC[C@H](Nc1c(-c2nc3ccc(OCCOC)cc3[nH]2)c(=O)[nH]c2cn(C)nc12)c1ncccn1.S. The minimum atomic E-state index is -0.285. The van der Waals surface area contributed by atoms with Crippen LogP contribution in [-0.2, 0) is 11.8 Å². The molecule has 0 aliphatic rings. The second-order valence-corrected chi connectivity index (χ2v) is 8.09. The fourth-order valence-corrected chi connectivity index (χ4v) is 4.00. The number of pyridine rings is 1. The van der Waals surface area contributed by atoms with Crippen LogP contribution in [0, 0.1) is 0 Å². The molecular weight excluding hydrogens is 480 g/mol. The van der Waals surface area contributed by atoms with E-state index in [9.17, 15) is 4.79 Å². The molecule has 4 heterocycles. The largest absolute Gasteiger partial charge is 0.491 e. The van der Waals surface area contributed by atoms with Crippen molar-refractivity contribution in [2.75, 3.05) is 25.6 Å². The third-order valence-electron chi connectivity index (χ3n) is 5.66. The molecule has 0 saturated carbocycles. The normalized spacial score (nSPS) is 12.0. The number of imidazole rings is 1. The number of benzene rings is 1. The van der Waals surface area contributed by atoms with Crippen molar-refractivity contribution in [1.29, 1.82) is 0 Å². The van der Waals surface area contributed by atoms with Crippen molar-refractivity contribution in [1.82, 2.24) is 34.7 Å². The minimum absolute atomic E-state index is 0. The highest BCUT2D eigenvalue weighted by molar-refractivity contribution is 7.59. The highest BCUT2D eigenvalue weighted by Gasteiger charge is 2.23. The monoisotopic (exact) mass is 508 g/mol. The van der Waals surface area contributed by atoms with Gasteiger partial charge in [0.05, 0.1) is 34.9 Å². The lowest BCUT2D eigenvalue weighted by atomic mass is 10.1. The van der Waals surface area contributed by atoms with Crippen molar-refractivity contribution in [3.63, 3.8) is 0 Å². The number of aromatic amines is 2. The number of anilines is 1. The molecule has 0 spiro atoms. The third kappa shape index (κ3) is 4.90. The van der Waals surface area contributed by atoms with E-state index in [0.717, 1.165) is 5.52 Å². The van der Waals surface area contributed by atoms with Crippen molar-refractivity contribution in [2.45, 2.75) is 19.4 Å². The number of hydrogen-bond donors (Lipinski definition) is 3. The maximum absolute atomic E-state index is 13.3. The van der Waals surface area contributed by atoms with E-state index in [1.807, 2.05) is 32.2 Å². The fourth-order valence-electron chi connectivity index (χ4n) is 4.00. The molecule has 0 aliphatic heterocycles. The zero-order valence-corrected chi connectivity index (χ0v) is 21.2. The lowest BCUT2D eigenvalue weighted by molar-refractivity contribution is 0.146. The molecule has 0 fully saturated rings. The molecule has 3 N–H and O–H groups in total. The first-order valence-electron chi connectivity index (χ1n) is 11.3. The number of rotatable bonds is 9.